The van der Waals surface area contributed by atoms with Gasteiger partial charge in [0.2, 0.25) is 5.95 Å². The number of nitrogen functional groups attached to an aromatic ring is 1. The van der Waals surface area contributed by atoms with Gasteiger partial charge in [0.05, 0.1) is 11.2 Å². The highest BCUT2D eigenvalue weighted by molar-refractivity contribution is 5.52. The van der Waals surface area contributed by atoms with Crippen molar-refractivity contribution in [2.24, 2.45) is 5.73 Å². The van der Waals surface area contributed by atoms with Crippen molar-refractivity contribution in [1.29, 1.82) is 0 Å². The molecule has 3 aromatic rings. The smallest absolute Gasteiger partial charge is 0.223 e. The van der Waals surface area contributed by atoms with Gasteiger partial charge < -0.3 is 11.5 Å². The van der Waals surface area contributed by atoms with Crippen LogP contribution in [-0.4, -0.2) is 24.6 Å². The average molecular weight is 351 g/mol. The van der Waals surface area contributed by atoms with Gasteiger partial charge in [-0.15, -0.1) is 5.10 Å². The lowest BCUT2D eigenvalue weighted by atomic mass is 9.71. The highest BCUT2D eigenvalue weighted by atomic mass is 15.4. The van der Waals surface area contributed by atoms with Crippen molar-refractivity contribution in [2.75, 3.05) is 5.73 Å². The molecule has 1 aliphatic rings. The lowest BCUT2D eigenvalue weighted by Crippen LogP contribution is -2.30. The summed E-state index contributed by atoms with van der Waals surface area (Å²) in [5, 5.41) is 4.60. The largest absolute Gasteiger partial charge is 0.368 e. The second-order valence-corrected chi connectivity index (χ2v) is 7.95. The molecule has 1 saturated carbocycles. The second kappa shape index (κ2) is 5.74. The first-order chi connectivity index (χ1) is 12.2. The molecule has 0 radical (unpaired) electrons. The number of pyridine rings is 1. The number of aryl methyl sites for hydroxylation is 2. The minimum absolute atomic E-state index is 0.352. The van der Waals surface area contributed by atoms with E-state index in [9.17, 15) is 0 Å². The van der Waals surface area contributed by atoms with Crippen LogP contribution in [0, 0.1) is 13.8 Å². The Labute approximate surface area is 152 Å². The van der Waals surface area contributed by atoms with Gasteiger partial charge in [-0.1, -0.05) is 6.07 Å². The standard InChI is InChI=1S/C19H25N7/c1-10-11(2)23-18(20)26-17(10)24-16(25-26)14-7-13(8-14)12-5-6-15(22-9-12)19(3,4)21/h5-6,9,13-14H,7-8,21H2,1-4H3,(H2,20,23). The molecule has 0 aliphatic heterocycles. The van der Waals surface area contributed by atoms with Crippen LogP contribution < -0.4 is 11.5 Å². The van der Waals surface area contributed by atoms with E-state index in [2.05, 4.69) is 21.1 Å². The molecule has 1 fully saturated rings. The maximum Gasteiger partial charge on any atom is 0.223 e. The van der Waals surface area contributed by atoms with E-state index in [0.29, 0.717) is 17.8 Å². The Kier molecular flexibility index (Phi) is 3.73. The summed E-state index contributed by atoms with van der Waals surface area (Å²) in [4.78, 5) is 13.6. The van der Waals surface area contributed by atoms with Crippen LogP contribution in [0.4, 0.5) is 5.95 Å². The highest BCUT2D eigenvalue weighted by Gasteiger charge is 2.35. The van der Waals surface area contributed by atoms with E-state index < -0.39 is 5.54 Å². The molecule has 0 unspecified atom stereocenters. The maximum atomic E-state index is 6.10. The highest BCUT2D eigenvalue weighted by Crippen LogP contribution is 2.46. The molecule has 1 aliphatic carbocycles. The lowest BCUT2D eigenvalue weighted by Gasteiger charge is -2.33. The third-order valence-corrected chi connectivity index (χ3v) is 5.42. The van der Waals surface area contributed by atoms with Crippen LogP contribution in [0.3, 0.4) is 0 Å². The first-order valence-electron chi connectivity index (χ1n) is 8.98. The zero-order chi connectivity index (χ0) is 18.6. The van der Waals surface area contributed by atoms with Gasteiger partial charge in [0.1, 0.15) is 0 Å². The quantitative estimate of drug-likeness (QED) is 0.751. The summed E-state index contributed by atoms with van der Waals surface area (Å²) in [6.07, 6.45) is 4.00. The molecule has 3 aromatic heterocycles. The molecule has 0 atom stereocenters. The van der Waals surface area contributed by atoms with Gasteiger partial charge in [0, 0.05) is 23.4 Å². The molecular weight excluding hydrogens is 326 g/mol. The van der Waals surface area contributed by atoms with E-state index in [1.165, 1.54) is 5.56 Å². The van der Waals surface area contributed by atoms with Crippen LogP contribution in [0.5, 0.6) is 0 Å². The van der Waals surface area contributed by atoms with Crippen molar-refractivity contribution in [3.05, 3.63) is 46.7 Å². The first kappa shape index (κ1) is 16.9. The zero-order valence-corrected chi connectivity index (χ0v) is 15.7. The monoisotopic (exact) mass is 351 g/mol. The van der Waals surface area contributed by atoms with Crippen molar-refractivity contribution in [1.82, 2.24) is 24.6 Å². The number of hydrogen-bond acceptors (Lipinski definition) is 6. The Morgan fingerprint density at radius 1 is 1.12 bits per heavy atom. The molecule has 0 bridgehead atoms. The fourth-order valence-corrected chi connectivity index (χ4v) is 3.50. The van der Waals surface area contributed by atoms with E-state index in [0.717, 1.165) is 41.3 Å². The summed E-state index contributed by atoms with van der Waals surface area (Å²) in [5.41, 5.74) is 16.6. The summed E-state index contributed by atoms with van der Waals surface area (Å²) in [7, 11) is 0. The molecule has 0 saturated heterocycles. The van der Waals surface area contributed by atoms with Crippen LogP contribution in [-0.2, 0) is 5.54 Å². The SMILES string of the molecule is Cc1nc(N)n2nc(C3CC(c4ccc(C(C)(C)N)nc4)C3)nc2c1C. The number of fused-ring (bicyclic) bond motifs is 1. The van der Waals surface area contributed by atoms with E-state index in [1.54, 1.807) is 4.52 Å². The van der Waals surface area contributed by atoms with Crippen molar-refractivity contribution < 1.29 is 0 Å². The average Bonchev–Trinajstić information content (AvgIpc) is 2.96. The third-order valence-electron chi connectivity index (χ3n) is 5.42. The Hall–Kier alpha value is -2.54. The molecule has 26 heavy (non-hydrogen) atoms. The first-order valence-corrected chi connectivity index (χ1v) is 8.98. The predicted molar refractivity (Wildman–Crippen MR) is 101 cm³/mol. The molecule has 0 aromatic carbocycles. The Balaban J connectivity index is 1.52. The fourth-order valence-electron chi connectivity index (χ4n) is 3.50. The Morgan fingerprint density at radius 2 is 1.85 bits per heavy atom. The van der Waals surface area contributed by atoms with Crippen LogP contribution in [0.1, 0.15) is 66.9 Å². The number of rotatable bonds is 3. The predicted octanol–water partition coefficient (Wildman–Crippen LogP) is 2.57. The topological polar surface area (TPSA) is 108 Å². The molecule has 7 nitrogen and oxygen atoms in total. The molecule has 4 rings (SSSR count). The fraction of sp³-hybridized carbons (Fsp3) is 0.474. The maximum absolute atomic E-state index is 6.10. The zero-order valence-electron chi connectivity index (χ0n) is 15.7. The Bertz CT molecular complexity index is 960. The molecule has 7 heteroatoms. The minimum atomic E-state index is -0.412. The van der Waals surface area contributed by atoms with Crippen molar-refractivity contribution in [3.8, 4) is 0 Å². The van der Waals surface area contributed by atoms with Crippen LogP contribution >= 0.6 is 0 Å². The van der Waals surface area contributed by atoms with E-state index in [4.69, 9.17) is 16.5 Å². The van der Waals surface area contributed by atoms with Gasteiger partial charge in [0.25, 0.3) is 0 Å². The van der Waals surface area contributed by atoms with Gasteiger partial charge >= 0.3 is 0 Å². The van der Waals surface area contributed by atoms with Gasteiger partial charge in [-0.2, -0.15) is 4.52 Å². The minimum Gasteiger partial charge on any atom is -0.368 e. The number of aromatic nitrogens is 5. The number of anilines is 1. The van der Waals surface area contributed by atoms with Gasteiger partial charge in [-0.25, -0.2) is 9.97 Å². The van der Waals surface area contributed by atoms with Crippen molar-refractivity contribution in [3.63, 3.8) is 0 Å². The van der Waals surface area contributed by atoms with Gasteiger partial charge in [-0.05, 0) is 58.1 Å². The third kappa shape index (κ3) is 2.72. The molecule has 0 amide bonds. The van der Waals surface area contributed by atoms with Crippen LogP contribution in [0.2, 0.25) is 0 Å². The van der Waals surface area contributed by atoms with E-state index in [1.807, 2.05) is 40.0 Å². The summed E-state index contributed by atoms with van der Waals surface area (Å²) < 4.78 is 1.66. The molecule has 136 valence electrons. The molecular formula is C19H25N7. The van der Waals surface area contributed by atoms with E-state index >= 15 is 0 Å². The number of nitrogens with zero attached hydrogens (tertiary/aromatic N) is 5. The normalized spacial score (nSPS) is 20.3. The molecule has 4 N–H and O–H groups in total. The summed E-state index contributed by atoms with van der Waals surface area (Å²) >= 11 is 0. The number of hydrogen-bond donors (Lipinski definition) is 2. The Morgan fingerprint density at radius 3 is 2.46 bits per heavy atom. The molecule has 3 heterocycles. The van der Waals surface area contributed by atoms with Crippen molar-refractivity contribution in [2.45, 2.75) is 57.9 Å². The second-order valence-electron chi connectivity index (χ2n) is 7.95. The van der Waals surface area contributed by atoms with Crippen LogP contribution in [0.15, 0.2) is 18.3 Å². The number of nitrogens with two attached hydrogens (primary N) is 2. The summed E-state index contributed by atoms with van der Waals surface area (Å²) in [6, 6.07) is 4.18. The van der Waals surface area contributed by atoms with E-state index in [-0.39, 0.29) is 0 Å². The van der Waals surface area contributed by atoms with Gasteiger partial charge in [-0.3, -0.25) is 4.98 Å². The lowest BCUT2D eigenvalue weighted by molar-refractivity contribution is 0.337. The summed E-state index contributed by atoms with van der Waals surface area (Å²) in [5.74, 6) is 2.09. The molecule has 0 spiro atoms. The van der Waals surface area contributed by atoms with Gasteiger partial charge in [0.15, 0.2) is 11.5 Å². The van der Waals surface area contributed by atoms with Crippen LogP contribution in [0.25, 0.3) is 5.65 Å². The van der Waals surface area contributed by atoms with Crippen molar-refractivity contribution >= 4 is 11.6 Å². The summed E-state index contributed by atoms with van der Waals surface area (Å²) in [6.45, 7) is 7.88.